The van der Waals surface area contributed by atoms with E-state index in [1.807, 2.05) is 0 Å². The molecule has 114 valence electrons. The molecule has 0 spiro atoms. The van der Waals surface area contributed by atoms with Crippen LogP contribution in [0.2, 0.25) is 0 Å². The Morgan fingerprint density at radius 1 is 0.905 bits per heavy atom. The van der Waals surface area contributed by atoms with Gasteiger partial charge >= 0.3 is 18.3 Å². The molecule has 0 bridgehead atoms. The molecule has 0 aliphatic heterocycles. The van der Waals surface area contributed by atoms with Crippen LogP contribution < -0.4 is 4.90 Å². The summed E-state index contributed by atoms with van der Waals surface area (Å²) in [6.07, 6.45) is -10.5. The van der Waals surface area contributed by atoms with Crippen LogP contribution in [0, 0.1) is 0 Å². The van der Waals surface area contributed by atoms with Crippen molar-refractivity contribution >= 4 is 17.4 Å². The Morgan fingerprint density at radius 3 is 1.86 bits per heavy atom. The summed E-state index contributed by atoms with van der Waals surface area (Å²) in [5.41, 5.74) is -0.328. The average Bonchev–Trinajstić information content (AvgIpc) is 2.37. The summed E-state index contributed by atoms with van der Waals surface area (Å²) in [4.78, 5) is 21.7. The number of hydrogen-bond acceptors (Lipinski definition) is 2. The quantitative estimate of drug-likeness (QED) is 0.635. The van der Waals surface area contributed by atoms with E-state index in [-0.39, 0.29) is 22.9 Å². The average molecular weight is 311 g/mol. The Labute approximate surface area is 114 Å². The predicted molar refractivity (Wildman–Crippen MR) is 60.2 cm³/mol. The third-order valence-electron chi connectivity index (χ3n) is 2.15. The lowest BCUT2D eigenvalue weighted by atomic mass is 10.2. The zero-order valence-corrected chi connectivity index (χ0v) is 10.1. The number of carbonyl (C=O) groups excluding carboxylic acids is 2. The van der Waals surface area contributed by atoms with Gasteiger partial charge in [0.1, 0.15) is 0 Å². The molecule has 0 aromatic heterocycles. The number of nitrogens with zero attached hydrogens (tertiary/aromatic N) is 1. The van der Waals surface area contributed by atoms with Crippen LogP contribution in [0.15, 0.2) is 42.6 Å². The molecule has 1 aromatic rings. The lowest BCUT2D eigenvalue weighted by Crippen LogP contribution is -2.38. The molecule has 9 heteroatoms. The number of amides is 1. The molecule has 0 radical (unpaired) electrons. The van der Waals surface area contributed by atoms with Gasteiger partial charge in [0, 0.05) is 18.0 Å². The zero-order valence-electron chi connectivity index (χ0n) is 10.1. The molecule has 0 aliphatic rings. The van der Waals surface area contributed by atoms with E-state index in [1.165, 1.54) is 18.2 Å². The van der Waals surface area contributed by atoms with Gasteiger partial charge in [0.05, 0.1) is 0 Å². The van der Waals surface area contributed by atoms with Gasteiger partial charge < -0.3 is 0 Å². The fraction of sp³-hybridized carbons (Fsp3) is 0.167. The highest BCUT2D eigenvalue weighted by atomic mass is 19.4. The molecular weight excluding hydrogens is 304 g/mol. The van der Waals surface area contributed by atoms with E-state index < -0.39 is 24.0 Å². The number of halogens is 6. The number of allylic oxidation sites excluding steroid dienone is 1. The fourth-order valence-corrected chi connectivity index (χ4v) is 1.23. The molecule has 0 N–H and O–H groups in total. The third-order valence-corrected chi connectivity index (χ3v) is 2.15. The first-order valence-corrected chi connectivity index (χ1v) is 5.28. The Hall–Kier alpha value is -2.32. The Morgan fingerprint density at radius 2 is 1.43 bits per heavy atom. The maximum atomic E-state index is 12.4. The number of anilines is 1. The van der Waals surface area contributed by atoms with Crippen LogP contribution in [0.3, 0.4) is 0 Å². The molecule has 0 aliphatic carbocycles. The van der Waals surface area contributed by atoms with E-state index in [0.717, 1.165) is 12.1 Å². The summed E-state index contributed by atoms with van der Waals surface area (Å²) in [7, 11) is 0. The molecule has 0 atom stereocenters. The van der Waals surface area contributed by atoms with Crippen LogP contribution >= 0.6 is 0 Å². The minimum absolute atomic E-state index is 0.0797. The number of alkyl halides is 6. The number of rotatable bonds is 3. The second-order valence-electron chi connectivity index (χ2n) is 3.69. The van der Waals surface area contributed by atoms with Crippen molar-refractivity contribution in [3.05, 3.63) is 42.6 Å². The van der Waals surface area contributed by atoms with Crippen molar-refractivity contribution in [1.82, 2.24) is 0 Å². The molecule has 1 rings (SSSR count). The van der Waals surface area contributed by atoms with Gasteiger partial charge in [-0.25, -0.2) is 0 Å². The van der Waals surface area contributed by atoms with E-state index >= 15 is 0 Å². The zero-order chi connectivity index (χ0) is 16.3. The number of carbonyl (C=O) groups is 2. The molecular formula is C12H7F6NO2. The van der Waals surface area contributed by atoms with Crippen molar-refractivity contribution in [1.29, 1.82) is 0 Å². The summed E-state index contributed by atoms with van der Waals surface area (Å²) >= 11 is 0. The van der Waals surface area contributed by atoms with Crippen molar-refractivity contribution < 1.29 is 35.9 Å². The maximum absolute atomic E-state index is 12.4. The van der Waals surface area contributed by atoms with Crippen molar-refractivity contribution in [3.63, 3.8) is 0 Å². The molecule has 0 saturated carbocycles. The monoisotopic (exact) mass is 311 g/mol. The molecule has 0 heterocycles. The van der Waals surface area contributed by atoms with E-state index in [0.29, 0.717) is 0 Å². The highest BCUT2D eigenvalue weighted by Gasteiger charge is 2.43. The highest BCUT2D eigenvalue weighted by molar-refractivity contribution is 6.01. The van der Waals surface area contributed by atoms with E-state index in [4.69, 9.17) is 0 Å². The van der Waals surface area contributed by atoms with Crippen LogP contribution in [0.1, 0.15) is 0 Å². The van der Waals surface area contributed by atoms with Crippen LogP contribution in [-0.4, -0.2) is 24.0 Å². The van der Waals surface area contributed by atoms with Gasteiger partial charge in [-0.05, 0) is 12.1 Å². The number of para-hydroxylation sites is 1. The molecule has 0 fully saturated rings. The maximum Gasteiger partial charge on any atom is 0.472 e. The van der Waals surface area contributed by atoms with Crippen LogP contribution in [0.5, 0.6) is 0 Å². The first-order chi connectivity index (χ1) is 9.53. The van der Waals surface area contributed by atoms with Crippen molar-refractivity contribution in [3.8, 4) is 0 Å². The smallest absolute Gasteiger partial charge is 0.285 e. The van der Waals surface area contributed by atoms with Gasteiger partial charge in [-0.2, -0.15) is 26.3 Å². The molecule has 3 nitrogen and oxygen atoms in total. The van der Waals surface area contributed by atoms with Crippen molar-refractivity contribution in [2.75, 3.05) is 4.90 Å². The summed E-state index contributed by atoms with van der Waals surface area (Å²) in [5, 5.41) is 0. The lowest BCUT2D eigenvalue weighted by molar-refractivity contribution is -0.169. The summed E-state index contributed by atoms with van der Waals surface area (Å²) < 4.78 is 73.3. The van der Waals surface area contributed by atoms with Gasteiger partial charge in [-0.15, -0.1) is 0 Å². The van der Waals surface area contributed by atoms with E-state index in [2.05, 4.69) is 0 Å². The molecule has 0 saturated heterocycles. The number of ketones is 1. The Balaban J connectivity index is 3.14. The van der Waals surface area contributed by atoms with Crippen LogP contribution in [-0.2, 0) is 9.59 Å². The normalized spacial score (nSPS) is 12.5. The largest absolute Gasteiger partial charge is 0.472 e. The van der Waals surface area contributed by atoms with Gasteiger partial charge in [0.2, 0.25) is 0 Å². The highest BCUT2D eigenvalue weighted by Crippen LogP contribution is 2.24. The first kappa shape index (κ1) is 16.7. The second-order valence-corrected chi connectivity index (χ2v) is 3.69. The Kier molecular flexibility index (Phi) is 4.77. The number of hydrogen-bond donors (Lipinski definition) is 0. The van der Waals surface area contributed by atoms with E-state index in [1.54, 1.807) is 0 Å². The Bertz CT molecular complexity index is 547. The van der Waals surface area contributed by atoms with Crippen LogP contribution in [0.25, 0.3) is 0 Å². The van der Waals surface area contributed by atoms with Crippen molar-refractivity contribution in [2.24, 2.45) is 0 Å². The second kappa shape index (κ2) is 5.98. The summed E-state index contributed by atoms with van der Waals surface area (Å²) in [6.45, 7) is 0. The topological polar surface area (TPSA) is 37.4 Å². The standard InChI is InChI=1S/C12H7F6NO2/c13-11(14,15)9(20)6-7-19(10(21)12(16,17)18)8-4-2-1-3-5-8/h1-7H/b7-6+. The first-order valence-electron chi connectivity index (χ1n) is 5.28. The van der Waals surface area contributed by atoms with Crippen molar-refractivity contribution in [2.45, 2.75) is 12.4 Å². The molecule has 0 unspecified atom stereocenters. The minimum Gasteiger partial charge on any atom is -0.285 e. The minimum atomic E-state index is -5.30. The predicted octanol–water partition coefficient (Wildman–Crippen LogP) is 3.23. The molecule has 1 aromatic carbocycles. The van der Waals surface area contributed by atoms with Gasteiger partial charge in [0.25, 0.3) is 5.78 Å². The van der Waals surface area contributed by atoms with E-state index in [9.17, 15) is 35.9 Å². The fourth-order valence-electron chi connectivity index (χ4n) is 1.23. The van der Waals surface area contributed by atoms with Crippen LogP contribution in [0.4, 0.5) is 32.0 Å². The van der Waals surface area contributed by atoms with Gasteiger partial charge in [-0.1, -0.05) is 18.2 Å². The van der Waals surface area contributed by atoms with Gasteiger partial charge in [0.15, 0.2) is 0 Å². The molecule has 1 amide bonds. The van der Waals surface area contributed by atoms with Gasteiger partial charge in [-0.3, -0.25) is 14.5 Å². The number of benzene rings is 1. The summed E-state index contributed by atoms with van der Waals surface area (Å²) in [5.74, 6) is -4.79. The molecule has 21 heavy (non-hydrogen) atoms. The third kappa shape index (κ3) is 4.62. The summed E-state index contributed by atoms with van der Waals surface area (Å²) in [6, 6.07) is 6.15. The SMILES string of the molecule is O=C(/C=C/N(C(=O)C(F)(F)F)c1ccccc1)C(F)(F)F. The lowest BCUT2D eigenvalue weighted by Gasteiger charge is -2.19.